The summed E-state index contributed by atoms with van der Waals surface area (Å²) in [5, 5.41) is 0. The van der Waals surface area contributed by atoms with Gasteiger partial charge in [-0.2, -0.15) is 13.2 Å². The SMILES string of the molecule is COC(COCC(F)(F)F)OC. The summed E-state index contributed by atoms with van der Waals surface area (Å²) in [4.78, 5) is 0. The van der Waals surface area contributed by atoms with Crippen LogP contribution in [0.25, 0.3) is 0 Å². The highest BCUT2D eigenvalue weighted by atomic mass is 19.4. The highest BCUT2D eigenvalue weighted by Crippen LogP contribution is 2.14. The number of hydrogen-bond donors (Lipinski definition) is 0. The van der Waals surface area contributed by atoms with E-state index in [1.165, 1.54) is 14.2 Å². The maximum absolute atomic E-state index is 11.5. The lowest BCUT2D eigenvalue weighted by atomic mass is 10.6. The minimum atomic E-state index is -4.30. The van der Waals surface area contributed by atoms with Crippen molar-refractivity contribution in [1.29, 1.82) is 0 Å². The fourth-order valence-electron chi connectivity index (χ4n) is 0.503. The van der Waals surface area contributed by atoms with Gasteiger partial charge in [-0.3, -0.25) is 0 Å². The van der Waals surface area contributed by atoms with Crippen molar-refractivity contribution in [3.8, 4) is 0 Å². The Morgan fingerprint density at radius 1 is 1.17 bits per heavy atom. The Kier molecular flexibility index (Phi) is 5.19. The van der Waals surface area contributed by atoms with Crippen molar-refractivity contribution >= 4 is 0 Å². The molecule has 0 aliphatic rings. The minimum absolute atomic E-state index is 0.230. The normalized spacial score (nSPS) is 12.5. The summed E-state index contributed by atoms with van der Waals surface area (Å²) in [5.41, 5.74) is 0. The summed E-state index contributed by atoms with van der Waals surface area (Å²) in [6.45, 7) is -1.51. The molecule has 0 N–H and O–H groups in total. The highest BCUT2D eigenvalue weighted by Gasteiger charge is 2.27. The summed E-state index contributed by atoms with van der Waals surface area (Å²) in [6, 6.07) is 0. The van der Waals surface area contributed by atoms with Crippen molar-refractivity contribution in [2.75, 3.05) is 27.4 Å². The van der Waals surface area contributed by atoms with Crippen molar-refractivity contribution in [3.05, 3.63) is 0 Å². The third-order valence-electron chi connectivity index (χ3n) is 1.05. The fourth-order valence-corrected chi connectivity index (χ4v) is 0.503. The average molecular weight is 188 g/mol. The van der Waals surface area contributed by atoms with Crippen LogP contribution >= 0.6 is 0 Å². The van der Waals surface area contributed by atoms with E-state index in [9.17, 15) is 13.2 Å². The summed E-state index contributed by atoms with van der Waals surface area (Å²) < 4.78 is 48.0. The number of hydrogen-bond acceptors (Lipinski definition) is 3. The number of ether oxygens (including phenoxy) is 3. The summed E-state index contributed by atoms with van der Waals surface area (Å²) >= 11 is 0. The molecule has 12 heavy (non-hydrogen) atoms. The zero-order valence-corrected chi connectivity index (χ0v) is 6.85. The van der Waals surface area contributed by atoms with E-state index < -0.39 is 19.1 Å². The average Bonchev–Trinajstić information content (AvgIpc) is 1.96. The standard InChI is InChI=1S/C6H11F3O3/c1-10-5(11-2)3-12-4-6(7,8)9/h5H,3-4H2,1-2H3. The molecule has 0 radical (unpaired) electrons. The smallest absolute Gasteiger partial charge is 0.367 e. The number of rotatable bonds is 5. The van der Waals surface area contributed by atoms with Crippen molar-refractivity contribution in [2.24, 2.45) is 0 Å². The van der Waals surface area contributed by atoms with E-state index in [4.69, 9.17) is 0 Å². The largest absolute Gasteiger partial charge is 0.411 e. The van der Waals surface area contributed by atoms with Gasteiger partial charge in [0.25, 0.3) is 0 Å². The zero-order valence-electron chi connectivity index (χ0n) is 6.85. The van der Waals surface area contributed by atoms with Gasteiger partial charge in [-0.05, 0) is 0 Å². The van der Waals surface area contributed by atoms with Gasteiger partial charge >= 0.3 is 6.18 Å². The van der Waals surface area contributed by atoms with Crippen LogP contribution in [0, 0.1) is 0 Å². The molecule has 0 bridgehead atoms. The molecule has 3 nitrogen and oxygen atoms in total. The molecule has 0 saturated carbocycles. The van der Waals surface area contributed by atoms with Gasteiger partial charge < -0.3 is 14.2 Å². The van der Waals surface area contributed by atoms with Crippen LogP contribution in [0.2, 0.25) is 0 Å². The van der Waals surface area contributed by atoms with Gasteiger partial charge in [-0.15, -0.1) is 0 Å². The Morgan fingerprint density at radius 3 is 2.00 bits per heavy atom. The number of alkyl halides is 3. The Hall–Kier alpha value is -0.330. The lowest BCUT2D eigenvalue weighted by Gasteiger charge is -2.14. The molecule has 0 saturated heterocycles. The van der Waals surface area contributed by atoms with Crippen LogP contribution in [0.4, 0.5) is 13.2 Å². The van der Waals surface area contributed by atoms with Crippen LogP contribution in [-0.2, 0) is 14.2 Å². The quantitative estimate of drug-likeness (QED) is 0.606. The van der Waals surface area contributed by atoms with Gasteiger partial charge in [0.05, 0.1) is 6.61 Å². The Labute approximate surface area is 68.4 Å². The fraction of sp³-hybridized carbons (Fsp3) is 1.00. The van der Waals surface area contributed by atoms with Crippen LogP contribution in [0.5, 0.6) is 0 Å². The highest BCUT2D eigenvalue weighted by molar-refractivity contribution is 4.46. The van der Waals surface area contributed by atoms with E-state index in [1.807, 2.05) is 0 Å². The van der Waals surface area contributed by atoms with Gasteiger partial charge in [-0.25, -0.2) is 0 Å². The zero-order chi connectivity index (χ0) is 9.61. The molecule has 0 fully saturated rings. The van der Waals surface area contributed by atoms with Crippen LogP contribution in [-0.4, -0.2) is 39.9 Å². The molecule has 0 spiro atoms. The summed E-state index contributed by atoms with van der Waals surface area (Å²) in [7, 11) is 2.65. The van der Waals surface area contributed by atoms with E-state index in [1.54, 1.807) is 0 Å². The molecule has 0 aromatic rings. The van der Waals surface area contributed by atoms with Crippen molar-refractivity contribution < 1.29 is 27.4 Å². The lowest BCUT2D eigenvalue weighted by Crippen LogP contribution is -2.25. The first-order valence-corrected chi connectivity index (χ1v) is 3.19. The van der Waals surface area contributed by atoms with E-state index in [0.717, 1.165) is 0 Å². The lowest BCUT2D eigenvalue weighted by molar-refractivity contribution is -0.201. The van der Waals surface area contributed by atoms with E-state index in [2.05, 4.69) is 14.2 Å². The monoisotopic (exact) mass is 188 g/mol. The third kappa shape index (κ3) is 6.38. The second kappa shape index (κ2) is 5.34. The molecule has 0 aromatic heterocycles. The number of halogens is 3. The Bertz CT molecular complexity index is 111. The van der Waals surface area contributed by atoms with Crippen LogP contribution in [0.1, 0.15) is 0 Å². The van der Waals surface area contributed by atoms with Gasteiger partial charge in [0, 0.05) is 14.2 Å². The van der Waals surface area contributed by atoms with E-state index >= 15 is 0 Å². The second-order valence-electron chi connectivity index (χ2n) is 2.03. The van der Waals surface area contributed by atoms with E-state index in [0.29, 0.717) is 0 Å². The molecule has 74 valence electrons. The molecule has 0 aliphatic carbocycles. The third-order valence-corrected chi connectivity index (χ3v) is 1.05. The predicted molar refractivity (Wildman–Crippen MR) is 34.7 cm³/mol. The maximum Gasteiger partial charge on any atom is 0.411 e. The summed E-state index contributed by atoms with van der Waals surface area (Å²) in [6.07, 6.45) is -5.04. The molecule has 0 atom stereocenters. The molecular weight excluding hydrogens is 177 g/mol. The molecule has 0 unspecified atom stereocenters. The molecule has 0 rings (SSSR count). The maximum atomic E-state index is 11.5. The van der Waals surface area contributed by atoms with Crippen molar-refractivity contribution in [2.45, 2.75) is 12.5 Å². The van der Waals surface area contributed by atoms with Crippen LogP contribution < -0.4 is 0 Å². The van der Waals surface area contributed by atoms with Gasteiger partial charge in [0.2, 0.25) is 0 Å². The van der Waals surface area contributed by atoms with Crippen molar-refractivity contribution in [3.63, 3.8) is 0 Å². The molecular formula is C6H11F3O3. The van der Waals surface area contributed by atoms with Crippen LogP contribution in [0.3, 0.4) is 0 Å². The first kappa shape index (κ1) is 11.7. The first-order valence-electron chi connectivity index (χ1n) is 3.19. The molecule has 6 heteroatoms. The predicted octanol–water partition coefficient (Wildman–Crippen LogP) is 1.18. The Morgan fingerprint density at radius 2 is 1.67 bits per heavy atom. The molecule has 0 aromatic carbocycles. The number of methoxy groups -OCH3 is 2. The van der Waals surface area contributed by atoms with Gasteiger partial charge in [0.1, 0.15) is 6.61 Å². The van der Waals surface area contributed by atoms with Gasteiger partial charge in [-0.1, -0.05) is 0 Å². The molecule has 0 heterocycles. The van der Waals surface area contributed by atoms with Crippen molar-refractivity contribution in [1.82, 2.24) is 0 Å². The van der Waals surface area contributed by atoms with Crippen LogP contribution in [0.15, 0.2) is 0 Å². The summed E-state index contributed by atoms with van der Waals surface area (Å²) in [5.74, 6) is 0. The van der Waals surface area contributed by atoms with Gasteiger partial charge in [0.15, 0.2) is 6.29 Å². The van der Waals surface area contributed by atoms with E-state index in [-0.39, 0.29) is 6.61 Å². The molecule has 0 amide bonds. The first-order chi connectivity index (χ1) is 5.49. The molecule has 0 aliphatic heterocycles. The second-order valence-corrected chi connectivity index (χ2v) is 2.03. The topological polar surface area (TPSA) is 27.7 Å². The Balaban J connectivity index is 3.41. The minimum Gasteiger partial charge on any atom is -0.367 e.